The zero-order valence-electron chi connectivity index (χ0n) is 20.0. The average Bonchev–Trinajstić information content (AvgIpc) is 3.26. The lowest BCUT2D eigenvalue weighted by Gasteiger charge is -2.32. The van der Waals surface area contributed by atoms with Crippen molar-refractivity contribution in [3.63, 3.8) is 0 Å². The fourth-order valence-corrected chi connectivity index (χ4v) is 5.76. The number of aliphatic hydroxyl groups is 2. The lowest BCUT2D eigenvalue weighted by Crippen LogP contribution is -2.46. The lowest BCUT2D eigenvalue weighted by molar-refractivity contribution is -0.149. The number of aliphatic hydroxyl groups excluding tert-OH is 1. The summed E-state index contributed by atoms with van der Waals surface area (Å²) in [5.41, 5.74) is 3.74. The Kier molecular flexibility index (Phi) is 7.29. The molecule has 36 heavy (non-hydrogen) atoms. The molecular weight excluding hydrogens is 493 g/mol. The summed E-state index contributed by atoms with van der Waals surface area (Å²) < 4.78 is 35.9. The topological polar surface area (TPSA) is 170 Å². The van der Waals surface area contributed by atoms with Crippen LogP contribution < -0.4 is 15.3 Å². The van der Waals surface area contributed by atoms with Crippen molar-refractivity contribution in [3.05, 3.63) is 54.4 Å². The van der Waals surface area contributed by atoms with E-state index in [-0.39, 0.29) is 5.75 Å². The summed E-state index contributed by atoms with van der Waals surface area (Å²) >= 11 is 0. The second-order valence-electron chi connectivity index (χ2n) is 9.10. The Balaban J connectivity index is 1.49. The molecule has 0 bridgehead atoms. The van der Waals surface area contributed by atoms with Gasteiger partial charge in [-0.1, -0.05) is 24.3 Å². The van der Waals surface area contributed by atoms with Crippen LogP contribution in [0.5, 0.6) is 5.75 Å². The van der Waals surface area contributed by atoms with Crippen LogP contribution in [0, 0.1) is 0 Å². The molecule has 1 amide bonds. The van der Waals surface area contributed by atoms with Gasteiger partial charge in [0.2, 0.25) is 5.91 Å². The minimum Gasteiger partial charge on any atom is -0.462 e. The molecule has 0 spiro atoms. The van der Waals surface area contributed by atoms with Crippen molar-refractivity contribution in [1.82, 2.24) is 9.99 Å². The molecule has 0 radical (unpaired) electrons. The van der Waals surface area contributed by atoms with Gasteiger partial charge < -0.3 is 34.8 Å². The minimum absolute atomic E-state index is 0.192. The first-order valence-corrected chi connectivity index (χ1v) is 13.0. The van der Waals surface area contributed by atoms with Gasteiger partial charge in [0.1, 0.15) is 30.1 Å². The Morgan fingerprint density at radius 2 is 1.97 bits per heavy atom. The zero-order chi connectivity index (χ0) is 26.3. The van der Waals surface area contributed by atoms with Crippen LogP contribution in [0.4, 0.5) is 0 Å². The van der Waals surface area contributed by atoms with Crippen LogP contribution in [-0.4, -0.2) is 69.3 Å². The highest BCUT2D eigenvalue weighted by Gasteiger charge is 2.79. The van der Waals surface area contributed by atoms with Crippen LogP contribution in [0.15, 0.2) is 54.4 Å². The van der Waals surface area contributed by atoms with Gasteiger partial charge in [0.25, 0.3) is 0 Å². The summed E-state index contributed by atoms with van der Waals surface area (Å²) in [4.78, 5) is 25.3. The van der Waals surface area contributed by atoms with Crippen molar-refractivity contribution in [2.24, 2.45) is 5.73 Å². The molecule has 3 aliphatic rings. The summed E-state index contributed by atoms with van der Waals surface area (Å²) in [5, 5.41) is 24.5. The number of amides is 1. The smallest absolute Gasteiger partial charge is 0.459 e. The van der Waals surface area contributed by atoms with E-state index in [2.05, 4.69) is 5.09 Å². The molecule has 2 aliphatic heterocycles. The van der Waals surface area contributed by atoms with Gasteiger partial charge in [0, 0.05) is 18.0 Å². The first-order chi connectivity index (χ1) is 16.9. The number of carbonyl (C=O) groups excluding carboxylic acids is 2. The Labute approximate surface area is 208 Å². The molecule has 12 nitrogen and oxygen atoms in total. The number of rotatable bonds is 10. The maximum Gasteiger partial charge on any atom is 0.459 e. The van der Waals surface area contributed by atoms with Gasteiger partial charge in [-0.3, -0.25) is 14.1 Å². The number of carbonyl (C=O) groups is 2. The zero-order valence-corrected chi connectivity index (χ0v) is 20.9. The fourth-order valence-electron chi connectivity index (χ4n) is 4.05. The van der Waals surface area contributed by atoms with Gasteiger partial charge in [-0.15, -0.1) is 0 Å². The SMILES string of the molecule is CC(C)OC(=O)[C@H](C)NP(=O)(Oc1ccccc1)OC1[C@H]2OC(N3C=CCC(C(N)=O)=C3)[C@H](O)[C@@]12O. The van der Waals surface area contributed by atoms with Crippen molar-refractivity contribution >= 4 is 19.6 Å². The Morgan fingerprint density at radius 1 is 1.28 bits per heavy atom. The largest absolute Gasteiger partial charge is 0.462 e. The third-order valence-corrected chi connectivity index (χ3v) is 7.58. The van der Waals surface area contributed by atoms with Crippen molar-refractivity contribution in [3.8, 4) is 5.75 Å². The molecular formula is C23H30N3O9P. The summed E-state index contributed by atoms with van der Waals surface area (Å²) in [5.74, 6) is -1.10. The van der Waals surface area contributed by atoms with Crippen molar-refractivity contribution < 1.29 is 42.9 Å². The molecule has 0 aromatic heterocycles. The van der Waals surface area contributed by atoms with E-state index in [1.807, 2.05) is 0 Å². The number of primary amides is 1. The lowest BCUT2D eigenvalue weighted by atomic mass is 10.1. The Hall–Kier alpha value is -2.73. The number of fused-ring (bicyclic) bond motifs is 1. The number of ether oxygens (including phenoxy) is 2. The molecule has 3 unspecified atom stereocenters. The molecule has 7 atom stereocenters. The summed E-state index contributed by atoms with van der Waals surface area (Å²) in [7, 11) is -4.29. The van der Waals surface area contributed by atoms with Crippen LogP contribution in [0.1, 0.15) is 27.2 Å². The highest BCUT2D eigenvalue weighted by atomic mass is 31.2. The van der Waals surface area contributed by atoms with Crippen molar-refractivity contribution in [2.45, 2.75) is 69.5 Å². The van der Waals surface area contributed by atoms with Gasteiger partial charge in [-0.25, -0.2) is 4.57 Å². The van der Waals surface area contributed by atoms with Gasteiger partial charge in [0.05, 0.1) is 6.10 Å². The standard InChI is InChI=1S/C23H30N3O9P/c1-13(2)32-22(29)14(3)25-36(31,34-16-9-5-4-6-10-16)35-19-18-23(19,30)17(27)21(33-18)26-11-7-8-15(12-26)20(24)28/h4-7,9-14,17-19,21,27,30H,8H2,1-3H3,(H2,24,28)(H,25,31)/t14-,17-,18+,19?,21?,23-,36?/m0/s1. The van der Waals surface area contributed by atoms with Crippen LogP contribution in [0.3, 0.4) is 0 Å². The third-order valence-electron chi connectivity index (χ3n) is 5.92. The summed E-state index contributed by atoms with van der Waals surface area (Å²) in [6.45, 7) is 4.79. The van der Waals surface area contributed by atoms with E-state index in [4.69, 9.17) is 24.3 Å². The average molecular weight is 523 g/mol. The van der Waals surface area contributed by atoms with Crippen molar-refractivity contribution in [1.29, 1.82) is 0 Å². The first kappa shape index (κ1) is 26.3. The number of allylic oxidation sites excluding steroid dienone is 1. The minimum atomic E-state index is -4.29. The fraction of sp³-hybridized carbons (Fsp3) is 0.478. The molecule has 4 rings (SSSR count). The van der Waals surface area contributed by atoms with Gasteiger partial charge >= 0.3 is 13.7 Å². The molecule has 1 aromatic carbocycles. The van der Waals surface area contributed by atoms with Crippen LogP contribution in [0.2, 0.25) is 0 Å². The van der Waals surface area contributed by atoms with Gasteiger partial charge in [-0.05, 0) is 39.3 Å². The molecule has 13 heteroatoms. The number of hydrogen-bond acceptors (Lipinski definition) is 10. The molecule has 1 aromatic rings. The van der Waals surface area contributed by atoms with E-state index in [0.717, 1.165) is 0 Å². The van der Waals surface area contributed by atoms with E-state index in [1.54, 1.807) is 56.5 Å². The summed E-state index contributed by atoms with van der Waals surface area (Å²) in [6, 6.07) is 7.07. The van der Waals surface area contributed by atoms with Gasteiger partial charge in [0.15, 0.2) is 11.8 Å². The number of benzene rings is 1. The van der Waals surface area contributed by atoms with Crippen LogP contribution >= 0.6 is 7.75 Å². The van der Waals surface area contributed by atoms with E-state index in [9.17, 15) is 24.4 Å². The molecule has 1 saturated carbocycles. The number of nitrogens with one attached hydrogen (secondary N) is 1. The molecule has 1 saturated heterocycles. The normalized spacial score (nSPS) is 31.3. The van der Waals surface area contributed by atoms with E-state index >= 15 is 0 Å². The van der Waals surface area contributed by atoms with E-state index in [1.165, 1.54) is 18.0 Å². The van der Waals surface area contributed by atoms with E-state index < -0.39 is 61.9 Å². The number of para-hydroxylation sites is 1. The molecule has 2 fully saturated rings. The van der Waals surface area contributed by atoms with Gasteiger partial charge in [-0.2, -0.15) is 5.09 Å². The maximum absolute atomic E-state index is 13.7. The first-order valence-electron chi connectivity index (χ1n) is 11.5. The monoisotopic (exact) mass is 523 g/mol. The van der Waals surface area contributed by atoms with Crippen molar-refractivity contribution in [2.75, 3.05) is 0 Å². The Morgan fingerprint density at radius 3 is 2.56 bits per heavy atom. The third kappa shape index (κ3) is 5.19. The predicted octanol–water partition coefficient (Wildman–Crippen LogP) is 0.907. The molecule has 5 N–H and O–H groups in total. The second kappa shape index (κ2) is 9.97. The molecule has 1 aliphatic carbocycles. The summed E-state index contributed by atoms with van der Waals surface area (Å²) in [6.07, 6.45) is -0.169. The highest BCUT2D eigenvalue weighted by molar-refractivity contribution is 7.52. The number of nitrogens with zero attached hydrogens (tertiary/aromatic N) is 1. The quantitative estimate of drug-likeness (QED) is 0.254. The van der Waals surface area contributed by atoms with Crippen LogP contribution in [0.25, 0.3) is 0 Å². The number of nitrogens with two attached hydrogens (primary N) is 1. The Bertz CT molecular complexity index is 1110. The van der Waals surface area contributed by atoms with Crippen LogP contribution in [-0.2, 0) is 28.2 Å². The van der Waals surface area contributed by atoms with E-state index in [0.29, 0.717) is 12.0 Å². The maximum atomic E-state index is 13.7. The molecule has 196 valence electrons. The number of esters is 1. The highest BCUT2D eigenvalue weighted by Crippen LogP contribution is 2.59. The molecule has 2 heterocycles. The number of hydrogen-bond donors (Lipinski definition) is 4. The second-order valence-corrected chi connectivity index (χ2v) is 10.7. The predicted molar refractivity (Wildman–Crippen MR) is 126 cm³/mol.